The quantitative estimate of drug-likeness (QED) is 0.520. The van der Waals surface area contributed by atoms with Crippen LogP contribution in [0.5, 0.6) is 0 Å². The van der Waals surface area contributed by atoms with Crippen LogP contribution in [0, 0.1) is 0 Å². The first kappa shape index (κ1) is 16.7. The molecular formula is C21H16N4O2S. The van der Waals surface area contributed by atoms with Crippen LogP contribution in [-0.2, 0) is 12.8 Å². The molecule has 0 bridgehead atoms. The molecule has 1 amide bonds. The molecule has 0 fully saturated rings. The highest BCUT2D eigenvalue weighted by Gasteiger charge is 2.31. The largest absolute Gasteiger partial charge is 0.356 e. The third-order valence-corrected chi connectivity index (χ3v) is 5.81. The van der Waals surface area contributed by atoms with Gasteiger partial charge in [-0.05, 0) is 42.7 Å². The summed E-state index contributed by atoms with van der Waals surface area (Å²) in [6.07, 6.45) is 4.98. The lowest BCUT2D eigenvalue weighted by Gasteiger charge is -2.13. The third-order valence-electron chi connectivity index (χ3n) is 4.67. The Kier molecular flexibility index (Phi) is 4.14. The molecular weight excluding hydrogens is 372 g/mol. The lowest BCUT2D eigenvalue weighted by molar-refractivity contribution is 0.102. The van der Waals surface area contributed by atoms with Crippen molar-refractivity contribution >= 4 is 33.8 Å². The van der Waals surface area contributed by atoms with Crippen molar-refractivity contribution in [2.24, 2.45) is 0 Å². The molecule has 0 spiro atoms. The zero-order valence-electron chi connectivity index (χ0n) is 14.8. The molecule has 3 heterocycles. The van der Waals surface area contributed by atoms with E-state index in [9.17, 15) is 4.79 Å². The molecule has 0 saturated carbocycles. The average molecular weight is 388 g/mol. The van der Waals surface area contributed by atoms with Crippen molar-refractivity contribution in [1.82, 2.24) is 10.1 Å². The highest BCUT2D eigenvalue weighted by Crippen LogP contribution is 2.46. The van der Waals surface area contributed by atoms with Crippen LogP contribution in [0.15, 0.2) is 65.4 Å². The Morgan fingerprint density at radius 1 is 1.07 bits per heavy atom. The van der Waals surface area contributed by atoms with E-state index in [1.54, 1.807) is 18.5 Å². The van der Waals surface area contributed by atoms with Crippen molar-refractivity contribution < 1.29 is 9.32 Å². The topological polar surface area (TPSA) is 80.0 Å². The fraction of sp³-hybridized carbons (Fsp3) is 0.0952. The van der Waals surface area contributed by atoms with Gasteiger partial charge in [0.25, 0.3) is 5.91 Å². The van der Waals surface area contributed by atoms with Crippen LogP contribution in [0.1, 0.15) is 20.8 Å². The maximum Gasteiger partial charge on any atom is 0.267 e. The van der Waals surface area contributed by atoms with Crippen LogP contribution in [-0.4, -0.2) is 16.0 Å². The molecule has 0 saturated heterocycles. The number of aryl methyl sites for hydroxylation is 1. The molecule has 3 aromatic heterocycles. The molecule has 1 aliphatic rings. The number of anilines is 3. The van der Waals surface area contributed by atoms with Crippen LogP contribution < -0.4 is 10.6 Å². The number of hydrogen-bond acceptors (Lipinski definition) is 6. The Morgan fingerprint density at radius 2 is 1.93 bits per heavy atom. The number of amides is 1. The second-order valence-corrected chi connectivity index (χ2v) is 7.47. The average Bonchev–Trinajstić information content (AvgIpc) is 3.34. The second kappa shape index (κ2) is 6.94. The maximum absolute atomic E-state index is 13.0. The van der Waals surface area contributed by atoms with Gasteiger partial charge in [-0.3, -0.25) is 4.79 Å². The Labute approximate surface area is 165 Å². The van der Waals surface area contributed by atoms with E-state index in [-0.39, 0.29) is 5.91 Å². The van der Waals surface area contributed by atoms with Gasteiger partial charge in [0.05, 0.1) is 16.6 Å². The van der Waals surface area contributed by atoms with Crippen molar-refractivity contribution in [2.75, 3.05) is 10.6 Å². The van der Waals surface area contributed by atoms with Gasteiger partial charge in [0.1, 0.15) is 10.8 Å². The minimum absolute atomic E-state index is 0.163. The number of thiophene rings is 1. The lowest BCUT2D eigenvalue weighted by atomic mass is 9.92. The number of para-hydroxylation sites is 1. The van der Waals surface area contributed by atoms with Crippen LogP contribution in [0.3, 0.4) is 0 Å². The predicted octanol–water partition coefficient (Wildman–Crippen LogP) is 4.89. The zero-order valence-corrected chi connectivity index (χ0v) is 15.6. The number of pyridine rings is 1. The summed E-state index contributed by atoms with van der Waals surface area (Å²) in [5, 5.41) is 11.2. The van der Waals surface area contributed by atoms with Gasteiger partial charge >= 0.3 is 0 Å². The molecule has 28 heavy (non-hydrogen) atoms. The minimum Gasteiger partial charge on any atom is -0.356 e. The standard InChI is InChI=1S/C21H16N4O2S/c26-20(25-16-8-4-5-11-22-16)19-15-10-9-13-12-23-27-18(13)17(15)21(28-19)24-14-6-2-1-3-7-14/h1-8,11-12,24H,9-10H2,(H,22,25,26). The predicted molar refractivity (Wildman–Crippen MR) is 109 cm³/mol. The smallest absolute Gasteiger partial charge is 0.267 e. The molecule has 6 nitrogen and oxygen atoms in total. The van der Waals surface area contributed by atoms with Gasteiger partial charge in [0, 0.05) is 17.4 Å². The van der Waals surface area contributed by atoms with Crippen LogP contribution in [0.25, 0.3) is 11.3 Å². The first-order valence-corrected chi connectivity index (χ1v) is 9.75. The summed E-state index contributed by atoms with van der Waals surface area (Å²) in [4.78, 5) is 17.8. The van der Waals surface area contributed by atoms with E-state index in [0.29, 0.717) is 10.7 Å². The van der Waals surface area contributed by atoms with Crippen LogP contribution in [0.4, 0.5) is 16.5 Å². The Hall–Kier alpha value is -3.45. The van der Waals surface area contributed by atoms with E-state index in [1.165, 1.54) is 11.3 Å². The summed E-state index contributed by atoms with van der Waals surface area (Å²) in [5.41, 5.74) is 3.94. The number of fused-ring (bicyclic) bond motifs is 3. The normalized spacial score (nSPS) is 12.1. The van der Waals surface area contributed by atoms with Gasteiger partial charge in [0.2, 0.25) is 0 Å². The highest BCUT2D eigenvalue weighted by molar-refractivity contribution is 7.19. The first-order chi connectivity index (χ1) is 13.8. The van der Waals surface area contributed by atoms with E-state index < -0.39 is 0 Å². The molecule has 5 rings (SSSR count). The van der Waals surface area contributed by atoms with E-state index in [1.807, 2.05) is 42.5 Å². The Morgan fingerprint density at radius 3 is 2.75 bits per heavy atom. The first-order valence-electron chi connectivity index (χ1n) is 8.93. The molecule has 1 aliphatic carbocycles. The fourth-order valence-corrected chi connectivity index (χ4v) is 4.54. The number of carbonyl (C=O) groups excluding carboxylic acids is 1. The molecule has 0 aliphatic heterocycles. The van der Waals surface area contributed by atoms with Gasteiger partial charge in [0.15, 0.2) is 5.76 Å². The van der Waals surface area contributed by atoms with Gasteiger partial charge in [-0.1, -0.05) is 29.4 Å². The van der Waals surface area contributed by atoms with E-state index in [4.69, 9.17) is 4.52 Å². The maximum atomic E-state index is 13.0. The molecule has 4 aromatic rings. The van der Waals surface area contributed by atoms with Gasteiger partial charge in [-0.15, -0.1) is 11.3 Å². The third kappa shape index (κ3) is 2.95. The Bertz CT molecular complexity index is 1140. The van der Waals surface area contributed by atoms with Gasteiger partial charge in [-0.25, -0.2) is 4.98 Å². The number of hydrogen-bond donors (Lipinski definition) is 2. The van der Waals surface area contributed by atoms with Gasteiger partial charge < -0.3 is 15.2 Å². The SMILES string of the molecule is O=C(Nc1ccccn1)c1sc(Nc2ccccc2)c2c1CCc1cnoc1-2. The van der Waals surface area contributed by atoms with Crippen LogP contribution in [0.2, 0.25) is 0 Å². The molecule has 7 heteroatoms. The van der Waals surface area contributed by atoms with Crippen molar-refractivity contribution in [2.45, 2.75) is 12.8 Å². The monoisotopic (exact) mass is 388 g/mol. The highest BCUT2D eigenvalue weighted by atomic mass is 32.1. The van der Waals surface area contributed by atoms with Crippen molar-refractivity contribution in [3.05, 3.63) is 76.9 Å². The van der Waals surface area contributed by atoms with Crippen molar-refractivity contribution in [3.8, 4) is 11.3 Å². The second-order valence-electron chi connectivity index (χ2n) is 6.45. The number of benzene rings is 1. The fourth-order valence-electron chi connectivity index (χ4n) is 3.38. The lowest BCUT2D eigenvalue weighted by Crippen LogP contribution is -2.14. The van der Waals surface area contributed by atoms with E-state index in [0.717, 1.165) is 46.0 Å². The number of carbonyl (C=O) groups is 1. The van der Waals surface area contributed by atoms with Crippen molar-refractivity contribution in [1.29, 1.82) is 0 Å². The number of nitrogens with one attached hydrogen (secondary N) is 2. The summed E-state index contributed by atoms with van der Waals surface area (Å²) < 4.78 is 5.54. The number of nitrogens with zero attached hydrogens (tertiary/aromatic N) is 2. The molecule has 0 radical (unpaired) electrons. The van der Waals surface area contributed by atoms with E-state index >= 15 is 0 Å². The summed E-state index contributed by atoms with van der Waals surface area (Å²) >= 11 is 1.43. The van der Waals surface area contributed by atoms with Gasteiger partial charge in [-0.2, -0.15) is 0 Å². The Balaban J connectivity index is 1.57. The summed E-state index contributed by atoms with van der Waals surface area (Å²) in [6.45, 7) is 0. The summed E-state index contributed by atoms with van der Waals surface area (Å²) in [7, 11) is 0. The molecule has 0 atom stereocenters. The number of aromatic nitrogens is 2. The zero-order chi connectivity index (χ0) is 18.9. The minimum atomic E-state index is -0.163. The van der Waals surface area contributed by atoms with Crippen molar-refractivity contribution in [3.63, 3.8) is 0 Å². The summed E-state index contributed by atoms with van der Waals surface area (Å²) in [6, 6.07) is 15.3. The summed E-state index contributed by atoms with van der Waals surface area (Å²) in [5.74, 6) is 1.11. The molecule has 1 aromatic carbocycles. The van der Waals surface area contributed by atoms with E-state index in [2.05, 4.69) is 20.8 Å². The van der Waals surface area contributed by atoms with Crippen LogP contribution >= 0.6 is 11.3 Å². The number of rotatable bonds is 4. The molecule has 0 unspecified atom stereocenters. The molecule has 138 valence electrons. The molecule has 2 N–H and O–H groups in total.